The highest BCUT2D eigenvalue weighted by Crippen LogP contribution is 2.29. The van der Waals surface area contributed by atoms with E-state index in [-0.39, 0.29) is 5.54 Å². The van der Waals surface area contributed by atoms with Gasteiger partial charge in [0.1, 0.15) is 0 Å². The molecule has 0 aromatic rings. The molecule has 0 saturated heterocycles. The Kier molecular flexibility index (Phi) is 5.82. The van der Waals surface area contributed by atoms with E-state index in [4.69, 9.17) is 0 Å². The highest BCUT2D eigenvalue weighted by Gasteiger charge is 2.16. The van der Waals surface area contributed by atoms with E-state index >= 15 is 0 Å². The molecule has 1 atom stereocenters. The maximum atomic E-state index is 3.59. The first-order chi connectivity index (χ1) is 7.47. The molecule has 1 nitrogen and oxygen atoms in total. The van der Waals surface area contributed by atoms with Crippen LogP contribution in [0.4, 0.5) is 0 Å². The zero-order chi connectivity index (χ0) is 12.0. The van der Waals surface area contributed by atoms with E-state index in [0.29, 0.717) is 0 Å². The Morgan fingerprint density at radius 3 is 2.31 bits per heavy atom. The van der Waals surface area contributed by atoms with Crippen molar-refractivity contribution >= 4 is 0 Å². The van der Waals surface area contributed by atoms with Crippen molar-refractivity contribution in [1.82, 2.24) is 5.32 Å². The van der Waals surface area contributed by atoms with E-state index in [0.717, 1.165) is 11.8 Å². The van der Waals surface area contributed by atoms with Crippen molar-refractivity contribution in [3.63, 3.8) is 0 Å². The van der Waals surface area contributed by atoms with Crippen LogP contribution in [0, 0.1) is 11.8 Å². The number of nitrogens with one attached hydrogen (secondary N) is 1. The third kappa shape index (κ3) is 6.52. The molecule has 1 unspecified atom stereocenters. The van der Waals surface area contributed by atoms with Gasteiger partial charge in [0.25, 0.3) is 0 Å². The molecule has 1 aliphatic rings. The van der Waals surface area contributed by atoms with Crippen LogP contribution < -0.4 is 5.32 Å². The molecule has 0 aliphatic heterocycles. The first kappa shape index (κ1) is 14.0. The summed E-state index contributed by atoms with van der Waals surface area (Å²) in [6.07, 6.45) is 10.2. The Morgan fingerprint density at radius 1 is 1.12 bits per heavy atom. The Labute approximate surface area is 102 Å². The molecule has 0 radical (unpaired) electrons. The van der Waals surface area contributed by atoms with Crippen LogP contribution in [0.15, 0.2) is 0 Å². The average molecular weight is 225 g/mol. The molecule has 0 aromatic heterocycles. The standard InChI is InChI=1S/C15H31N/c1-13(10-11-16-15(2,3)4)12-14-8-6-5-7-9-14/h13-14,16H,5-12H2,1-4H3. The zero-order valence-corrected chi connectivity index (χ0v) is 11.8. The predicted octanol–water partition coefficient (Wildman–Crippen LogP) is 4.37. The normalized spacial score (nSPS) is 21.0. The van der Waals surface area contributed by atoms with E-state index in [1.807, 2.05) is 0 Å². The monoisotopic (exact) mass is 225 g/mol. The Bertz CT molecular complexity index is 174. The second-order valence-corrected chi connectivity index (χ2v) is 6.81. The van der Waals surface area contributed by atoms with Crippen molar-refractivity contribution in [2.24, 2.45) is 11.8 Å². The molecule has 1 fully saturated rings. The van der Waals surface area contributed by atoms with Gasteiger partial charge in [-0.05, 0) is 52.0 Å². The molecule has 1 heteroatoms. The van der Waals surface area contributed by atoms with Crippen LogP contribution in [-0.2, 0) is 0 Å². The van der Waals surface area contributed by atoms with Gasteiger partial charge in [-0.1, -0.05) is 39.0 Å². The summed E-state index contributed by atoms with van der Waals surface area (Å²) in [5.41, 5.74) is 0.282. The lowest BCUT2D eigenvalue weighted by atomic mass is 9.82. The molecule has 1 saturated carbocycles. The fourth-order valence-electron chi connectivity index (χ4n) is 2.80. The first-order valence-electron chi connectivity index (χ1n) is 7.22. The van der Waals surface area contributed by atoms with Crippen LogP contribution in [0.25, 0.3) is 0 Å². The van der Waals surface area contributed by atoms with Gasteiger partial charge >= 0.3 is 0 Å². The first-order valence-corrected chi connectivity index (χ1v) is 7.22. The Balaban J connectivity index is 2.08. The van der Waals surface area contributed by atoms with Crippen LogP contribution in [0.3, 0.4) is 0 Å². The summed E-state index contributed by atoms with van der Waals surface area (Å²) in [4.78, 5) is 0. The summed E-state index contributed by atoms with van der Waals surface area (Å²) in [6.45, 7) is 10.4. The summed E-state index contributed by atoms with van der Waals surface area (Å²) in [5, 5.41) is 3.59. The molecular weight excluding hydrogens is 194 g/mol. The van der Waals surface area contributed by atoms with Gasteiger partial charge in [0.05, 0.1) is 0 Å². The second kappa shape index (κ2) is 6.64. The highest BCUT2D eigenvalue weighted by atomic mass is 14.9. The largest absolute Gasteiger partial charge is 0.312 e. The van der Waals surface area contributed by atoms with E-state index in [9.17, 15) is 0 Å². The lowest BCUT2D eigenvalue weighted by Crippen LogP contribution is -2.37. The number of rotatable bonds is 5. The van der Waals surface area contributed by atoms with Gasteiger partial charge in [0, 0.05) is 5.54 Å². The van der Waals surface area contributed by atoms with E-state index < -0.39 is 0 Å². The molecule has 0 amide bonds. The fraction of sp³-hybridized carbons (Fsp3) is 1.00. The topological polar surface area (TPSA) is 12.0 Å². The third-order valence-corrected chi connectivity index (χ3v) is 3.75. The van der Waals surface area contributed by atoms with Crippen molar-refractivity contribution in [2.75, 3.05) is 6.54 Å². The van der Waals surface area contributed by atoms with Crippen molar-refractivity contribution in [2.45, 2.75) is 78.2 Å². The molecule has 0 bridgehead atoms. The maximum Gasteiger partial charge on any atom is 0.00965 e. The SMILES string of the molecule is CC(CCNC(C)(C)C)CC1CCCCC1. The zero-order valence-electron chi connectivity index (χ0n) is 11.8. The lowest BCUT2D eigenvalue weighted by molar-refractivity contribution is 0.282. The minimum absolute atomic E-state index is 0.282. The molecule has 1 N–H and O–H groups in total. The van der Waals surface area contributed by atoms with Crippen molar-refractivity contribution in [3.8, 4) is 0 Å². The van der Waals surface area contributed by atoms with Crippen molar-refractivity contribution in [1.29, 1.82) is 0 Å². The quantitative estimate of drug-likeness (QED) is 0.732. The van der Waals surface area contributed by atoms with E-state index in [1.54, 1.807) is 0 Å². The van der Waals surface area contributed by atoms with Crippen LogP contribution in [0.2, 0.25) is 0 Å². The number of hydrogen-bond acceptors (Lipinski definition) is 1. The summed E-state index contributed by atoms with van der Waals surface area (Å²) in [5.74, 6) is 1.94. The molecular formula is C15H31N. The van der Waals surface area contributed by atoms with Gasteiger partial charge in [-0.2, -0.15) is 0 Å². The van der Waals surface area contributed by atoms with Gasteiger partial charge in [-0.15, -0.1) is 0 Å². The lowest BCUT2D eigenvalue weighted by Gasteiger charge is -2.26. The molecule has 1 rings (SSSR count). The van der Waals surface area contributed by atoms with Crippen molar-refractivity contribution in [3.05, 3.63) is 0 Å². The molecule has 0 heterocycles. The van der Waals surface area contributed by atoms with Gasteiger partial charge in [0.2, 0.25) is 0 Å². The second-order valence-electron chi connectivity index (χ2n) is 6.81. The van der Waals surface area contributed by atoms with Gasteiger partial charge in [-0.25, -0.2) is 0 Å². The molecule has 0 spiro atoms. The van der Waals surface area contributed by atoms with E-state index in [2.05, 4.69) is 33.0 Å². The van der Waals surface area contributed by atoms with Crippen molar-refractivity contribution < 1.29 is 0 Å². The minimum Gasteiger partial charge on any atom is -0.312 e. The Morgan fingerprint density at radius 2 is 1.75 bits per heavy atom. The summed E-state index contributed by atoms with van der Waals surface area (Å²) in [7, 11) is 0. The smallest absolute Gasteiger partial charge is 0.00965 e. The molecule has 16 heavy (non-hydrogen) atoms. The summed E-state index contributed by atoms with van der Waals surface area (Å²) in [6, 6.07) is 0. The number of hydrogen-bond donors (Lipinski definition) is 1. The Hall–Kier alpha value is -0.0400. The molecule has 0 aromatic carbocycles. The van der Waals surface area contributed by atoms with Crippen LogP contribution in [0.1, 0.15) is 72.6 Å². The van der Waals surface area contributed by atoms with Gasteiger partial charge < -0.3 is 5.32 Å². The average Bonchev–Trinajstić information content (AvgIpc) is 2.17. The minimum atomic E-state index is 0.282. The van der Waals surface area contributed by atoms with Crippen LogP contribution >= 0.6 is 0 Å². The summed E-state index contributed by atoms with van der Waals surface area (Å²) < 4.78 is 0. The van der Waals surface area contributed by atoms with Gasteiger partial charge in [-0.3, -0.25) is 0 Å². The van der Waals surface area contributed by atoms with E-state index in [1.165, 1.54) is 51.5 Å². The predicted molar refractivity (Wildman–Crippen MR) is 72.7 cm³/mol. The third-order valence-electron chi connectivity index (χ3n) is 3.75. The van der Waals surface area contributed by atoms with Gasteiger partial charge in [0.15, 0.2) is 0 Å². The van der Waals surface area contributed by atoms with Crippen LogP contribution in [-0.4, -0.2) is 12.1 Å². The summed E-state index contributed by atoms with van der Waals surface area (Å²) >= 11 is 0. The highest BCUT2D eigenvalue weighted by molar-refractivity contribution is 4.72. The fourth-order valence-corrected chi connectivity index (χ4v) is 2.80. The van der Waals surface area contributed by atoms with Crippen LogP contribution in [0.5, 0.6) is 0 Å². The maximum absolute atomic E-state index is 3.59. The molecule has 96 valence electrons. The molecule has 1 aliphatic carbocycles.